The summed E-state index contributed by atoms with van der Waals surface area (Å²) in [7, 11) is 0. The van der Waals surface area contributed by atoms with Gasteiger partial charge in [0.15, 0.2) is 0 Å². The van der Waals surface area contributed by atoms with Gasteiger partial charge in [0.05, 0.1) is 29.8 Å². The third kappa shape index (κ3) is 3.49. The molecule has 0 radical (unpaired) electrons. The lowest BCUT2D eigenvalue weighted by Crippen LogP contribution is -2.25. The van der Waals surface area contributed by atoms with Gasteiger partial charge in [0.2, 0.25) is 0 Å². The van der Waals surface area contributed by atoms with E-state index in [4.69, 9.17) is 4.98 Å². The highest BCUT2D eigenvalue weighted by Gasteiger charge is 2.16. The van der Waals surface area contributed by atoms with Crippen LogP contribution in [0, 0.1) is 20.8 Å². The fourth-order valence-corrected chi connectivity index (χ4v) is 3.08. The Labute approximate surface area is 163 Å². The van der Waals surface area contributed by atoms with Crippen LogP contribution in [0.1, 0.15) is 33.0 Å². The minimum atomic E-state index is -0.259. The molecule has 3 aromatic heterocycles. The van der Waals surface area contributed by atoms with Gasteiger partial charge in [-0.05, 0) is 32.4 Å². The molecule has 0 unspecified atom stereocenters. The molecule has 4 rings (SSSR count). The zero-order valence-corrected chi connectivity index (χ0v) is 16.1. The fraction of sp³-hybridized carbons (Fsp3) is 0.182. The van der Waals surface area contributed by atoms with Crippen LogP contribution in [-0.2, 0) is 6.54 Å². The van der Waals surface area contributed by atoms with Gasteiger partial charge in [-0.1, -0.05) is 35.9 Å². The standard InChI is InChI=1S/C22H21N5O/c1-14-4-7-17(8-5-14)21-19(27-13-15(2)6-9-20(27)26-21)12-25-22(28)18-11-23-16(3)10-24-18/h4-11,13H,12H2,1-3H3,(H,25,28). The molecule has 0 fully saturated rings. The lowest BCUT2D eigenvalue weighted by Gasteiger charge is -2.08. The number of nitrogens with zero attached hydrogens (tertiary/aromatic N) is 4. The Balaban J connectivity index is 1.70. The lowest BCUT2D eigenvalue weighted by atomic mass is 10.1. The summed E-state index contributed by atoms with van der Waals surface area (Å²) in [5, 5.41) is 2.95. The number of carbonyl (C=O) groups is 1. The van der Waals surface area contributed by atoms with Crippen LogP contribution in [0.15, 0.2) is 55.0 Å². The maximum Gasteiger partial charge on any atom is 0.271 e. The number of hydrogen-bond donors (Lipinski definition) is 1. The summed E-state index contributed by atoms with van der Waals surface area (Å²) in [6.07, 6.45) is 5.11. The molecule has 0 aliphatic carbocycles. The van der Waals surface area contributed by atoms with Gasteiger partial charge in [0.25, 0.3) is 5.91 Å². The number of rotatable bonds is 4. The Morgan fingerprint density at radius 3 is 2.43 bits per heavy atom. The number of pyridine rings is 1. The predicted octanol–water partition coefficient (Wildman–Crippen LogP) is 3.65. The molecule has 0 aliphatic rings. The second-order valence-electron chi connectivity index (χ2n) is 6.93. The van der Waals surface area contributed by atoms with Crippen LogP contribution in [0.2, 0.25) is 0 Å². The normalized spacial score (nSPS) is 11.0. The number of nitrogens with one attached hydrogen (secondary N) is 1. The molecule has 0 bridgehead atoms. The Hall–Kier alpha value is -3.54. The molecule has 6 heteroatoms. The molecule has 0 saturated carbocycles. The van der Waals surface area contributed by atoms with Crippen molar-refractivity contribution in [2.24, 2.45) is 0 Å². The first kappa shape index (κ1) is 17.9. The van der Waals surface area contributed by atoms with Crippen molar-refractivity contribution in [2.75, 3.05) is 0 Å². The van der Waals surface area contributed by atoms with Crippen LogP contribution >= 0.6 is 0 Å². The number of hydrogen-bond acceptors (Lipinski definition) is 4. The van der Waals surface area contributed by atoms with Crippen molar-refractivity contribution in [1.82, 2.24) is 24.7 Å². The van der Waals surface area contributed by atoms with E-state index in [1.807, 2.05) is 36.6 Å². The monoisotopic (exact) mass is 371 g/mol. The molecule has 1 N–H and O–H groups in total. The fourth-order valence-electron chi connectivity index (χ4n) is 3.08. The molecule has 0 atom stereocenters. The molecule has 4 aromatic rings. The smallest absolute Gasteiger partial charge is 0.271 e. The predicted molar refractivity (Wildman–Crippen MR) is 108 cm³/mol. The van der Waals surface area contributed by atoms with E-state index in [0.29, 0.717) is 12.2 Å². The van der Waals surface area contributed by atoms with E-state index in [0.717, 1.165) is 33.9 Å². The second kappa shape index (κ2) is 7.23. The number of fused-ring (bicyclic) bond motifs is 1. The molecule has 0 spiro atoms. The number of aromatic nitrogens is 4. The van der Waals surface area contributed by atoms with E-state index in [-0.39, 0.29) is 5.91 Å². The third-order valence-corrected chi connectivity index (χ3v) is 4.62. The first-order valence-corrected chi connectivity index (χ1v) is 9.13. The average molecular weight is 371 g/mol. The Bertz CT molecular complexity index is 1140. The van der Waals surface area contributed by atoms with Gasteiger partial charge >= 0.3 is 0 Å². The first-order valence-electron chi connectivity index (χ1n) is 9.13. The number of carbonyl (C=O) groups excluding carboxylic acids is 1. The molecule has 0 saturated heterocycles. The van der Waals surface area contributed by atoms with Crippen LogP contribution in [0.5, 0.6) is 0 Å². The van der Waals surface area contributed by atoms with E-state index in [2.05, 4.69) is 46.5 Å². The SMILES string of the molecule is Cc1ccc(-c2nc3ccc(C)cn3c2CNC(=O)c2cnc(C)cn2)cc1. The summed E-state index contributed by atoms with van der Waals surface area (Å²) in [5.74, 6) is -0.259. The van der Waals surface area contributed by atoms with Crippen molar-refractivity contribution in [3.63, 3.8) is 0 Å². The van der Waals surface area contributed by atoms with Crippen LogP contribution in [0.3, 0.4) is 0 Å². The van der Waals surface area contributed by atoms with E-state index in [9.17, 15) is 4.79 Å². The van der Waals surface area contributed by atoms with E-state index in [1.165, 1.54) is 11.8 Å². The molecule has 140 valence electrons. The second-order valence-corrected chi connectivity index (χ2v) is 6.93. The highest BCUT2D eigenvalue weighted by molar-refractivity contribution is 5.92. The average Bonchev–Trinajstić information content (AvgIpc) is 3.05. The molecular weight excluding hydrogens is 350 g/mol. The Morgan fingerprint density at radius 2 is 1.71 bits per heavy atom. The summed E-state index contributed by atoms with van der Waals surface area (Å²) in [5.41, 5.74) is 7.04. The van der Waals surface area contributed by atoms with Gasteiger partial charge in [-0.15, -0.1) is 0 Å². The molecule has 1 aromatic carbocycles. The van der Waals surface area contributed by atoms with Crippen LogP contribution in [0.4, 0.5) is 0 Å². The molecule has 0 aliphatic heterocycles. The highest BCUT2D eigenvalue weighted by atomic mass is 16.1. The summed E-state index contributed by atoms with van der Waals surface area (Å²) >= 11 is 0. The third-order valence-electron chi connectivity index (χ3n) is 4.62. The van der Waals surface area contributed by atoms with Crippen molar-refractivity contribution < 1.29 is 4.79 Å². The summed E-state index contributed by atoms with van der Waals surface area (Å²) in [6, 6.07) is 12.3. The quantitative estimate of drug-likeness (QED) is 0.594. The van der Waals surface area contributed by atoms with Crippen LogP contribution in [-0.4, -0.2) is 25.3 Å². The Morgan fingerprint density at radius 1 is 0.964 bits per heavy atom. The largest absolute Gasteiger partial charge is 0.345 e. The van der Waals surface area contributed by atoms with E-state index >= 15 is 0 Å². The summed E-state index contributed by atoms with van der Waals surface area (Å²) in [4.78, 5) is 25.6. The maximum atomic E-state index is 12.5. The highest BCUT2D eigenvalue weighted by Crippen LogP contribution is 2.25. The van der Waals surface area contributed by atoms with E-state index < -0.39 is 0 Å². The van der Waals surface area contributed by atoms with Crippen LogP contribution < -0.4 is 5.32 Å². The summed E-state index contributed by atoms with van der Waals surface area (Å²) in [6.45, 7) is 6.27. The lowest BCUT2D eigenvalue weighted by molar-refractivity contribution is 0.0945. The number of benzene rings is 1. The molecule has 1 amide bonds. The zero-order valence-electron chi connectivity index (χ0n) is 16.1. The zero-order chi connectivity index (χ0) is 19.7. The minimum Gasteiger partial charge on any atom is -0.345 e. The number of imidazole rings is 1. The number of aryl methyl sites for hydroxylation is 3. The van der Waals surface area contributed by atoms with Crippen molar-refractivity contribution >= 4 is 11.6 Å². The summed E-state index contributed by atoms with van der Waals surface area (Å²) < 4.78 is 2.03. The van der Waals surface area contributed by atoms with Gasteiger partial charge in [0.1, 0.15) is 11.3 Å². The van der Waals surface area contributed by atoms with Crippen molar-refractivity contribution in [3.05, 3.63) is 83.2 Å². The first-order chi connectivity index (χ1) is 13.5. The molecule has 6 nitrogen and oxygen atoms in total. The molecule has 28 heavy (non-hydrogen) atoms. The van der Waals surface area contributed by atoms with Crippen molar-refractivity contribution in [1.29, 1.82) is 0 Å². The Kier molecular flexibility index (Phi) is 4.61. The topological polar surface area (TPSA) is 72.2 Å². The van der Waals surface area contributed by atoms with Gasteiger partial charge in [-0.25, -0.2) is 9.97 Å². The van der Waals surface area contributed by atoms with Gasteiger partial charge in [-0.2, -0.15) is 0 Å². The van der Waals surface area contributed by atoms with Crippen molar-refractivity contribution in [3.8, 4) is 11.3 Å². The van der Waals surface area contributed by atoms with E-state index in [1.54, 1.807) is 6.20 Å². The van der Waals surface area contributed by atoms with Crippen LogP contribution in [0.25, 0.3) is 16.9 Å². The minimum absolute atomic E-state index is 0.259. The molecular formula is C22H21N5O. The van der Waals surface area contributed by atoms with Gasteiger partial charge in [0, 0.05) is 18.0 Å². The van der Waals surface area contributed by atoms with Crippen molar-refractivity contribution in [2.45, 2.75) is 27.3 Å². The molecule has 3 heterocycles. The van der Waals surface area contributed by atoms with Gasteiger partial charge < -0.3 is 9.72 Å². The van der Waals surface area contributed by atoms with Gasteiger partial charge in [-0.3, -0.25) is 9.78 Å². The number of amides is 1. The maximum absolute atomic E-state index is 12.5.